The first-order chi connectivity index (χ1) is 9.54. The van der Waals surface area contributed by atoms with Crippen molar-refractivity contribution in [3.8, 4) is 0 Å². The molecule has 0 aliphatic carbocycles. The molecule has 2 N–H and O–H groups in total. The van der Waals surface area contributed by atoms with Crippen LogP contribution in [0.15, 0.2) is 23.0 Å². The predicted octanol–water partition coefficient (Wildman–Crippen LogP) is 2.73. The largest absolute Gasteiger partial charge is 0.379 e. The molecule has 108 valence electrons. The number of nitrogens with one attached hydrogen (secondary N) is 2. The van der Waals surface area contributed by atoms with Crippen molar-refractivity contribution < 1.29 is 9.53 Å². The monoisotopic (exact) mass is 294 g/mol. The van der Waals surface area contributed by atoms with Crippen LogP contribution in [0.4, 0.5) is 5.69 Å². The number of benzene rings is 1. The fourth-order valence-electron chi connectivity index (χ4n) is 1.80. The van der Waals surface area contributed by atoms with E-state index in [4.69, 9.17) is 4.74 Å². The first kappa shape index (κ1) is 14.7. The molecule has 1 aromatic heterocycles. The molecule has 1 heterocycles. The van der Waals surface area contributed by atoms with Crippen molar-refractivity contribution in [1.82, 2.24) is 4.98 Å². The summed E-state index contributed by atoms with van der Waals surface area (Å²) >= 11 is 1.14. The predicted molar refractivity (Wildman–Crippen MR) is 81.4 cm³/mol. The number of anilines is 1. The highest BCUT2D eigenvalue weighted by Crippen LogP contribution is 2.19. The average molecular weight is 294 g/mol. The summed E-state index contributed by atoms with van der Waals surface area (Å²) in [5.74, 6) is -0.0420. The van der Waals surface area contributed by atoms with Crippen molar-refractivity contribution in [2.24, 2.45) is 0 Å². The Balaban J connectivity index is 1.87. The lowest BCUT2D eigenvalue weighted by Gasteiger charge is -2.08. The molecule has 1 aromatic carbocycles. The summed E-state index contributed by atoms with van der Waals surface area (Å²) in [5.41, 5.74) is 1.51. The maximum atomic E-state index is 11.8. The number of fused-ring (bicyclic) bond motifs is 1. The maximum absolute atomic E-state index is 11.8. The van der Waals surface area contributed by atoms with Gasteiger partial charge in [-0.15, -0.1) is 0 Å². The Morgan fingerprint density at radius 3 is 3.00 bits per heavy atom. The highest BCUT2D eigenvalue weighted by atomic mass is 32.1. The second-order valence-corrected chi connectivity index (χ2v) is 5.81. The Kier molecular flexibility index (Phi) is 4.92. The number of amides is 1. The average Bonchev–Trinajstić information content (AvgIpc) is 2.74. The van der Waals surface area contributed by atoms with Crippen LogP contribution in [0.5, 0.6) is 0 Å². The minimum atomic E-state index is -0.0886. The van der Waals surface area contributed by atoms with Gasteiger partial charge in [-0.25, -0.2) is 0 Å². The fourth-order valence-corrected chi connectivity index (χ4v) is 2.57. The fraction of sp³-hybridized carbons (Fsp3) is 0.429. The van der Waals surface area contributed by atoms with Crippen molar-refractivity contribution in [2.75, 3.05) is 11.9 Å². The van der Waals surface area contributed by atoms with E-state index >= 15 is 0 Å². The SMILES string of the molecule is CC(C)OCCCC(=O)Nc1ccc2[nH]c(=O)sc2c1. The van der Waals surface area contributed by atoms with Crippen LogP contribution >= 0.6 is 11.3 Å². The lowest BCUT2D eigenvalue weighted by atomic mass is 10.2. The third-order valence-corrected chi connectivity index (χ3v) is 3.55. The van der Waals surface area contributed by atoms with Crippen molar-refractivity contribution in [1.29, 1.82) is 0 Å². The smallest absolute Gasteiger partial charge is 0.305 e. The van der Waals surface area contributed by atoms with Crippen LogP contribution in [0, 0.1) is 0 Å². The minimum Gasteiger partial charge on any atom is -0.379 e. The summed E-state index contributed by atoms with van der Waals surface area (Å²) in [7, 11) is 0. The molecule has 0 aliphatic heterocycles. The molecule has 0 saturated heterocycles. The summed E-state index contributed by atoms with van der Waals surface area (Å²) in [4.78, 5) is 25.6. The quantitative estimate of drug-likeness (QED) is 0.805. The van der Waals surface area contributed by atoms with E-state index in [0.29, 0.717) is 25.1 Å². The maximum Gasteiger partial charge on any atom is 0.305 e. The summed E-state index contributed by atoms with van der Waals surface area (Å²) in [5, 5.41) is 2.83. The first-order valence-corrected chi connectivity index (χ1v) is 7.40. The summed E-state index contributed by atoms with van der Waals surface area (Å²) < 4.78 is 6.23. The zero-order valence-corrected chi connectivity index (χ0v) is 12.4. The molecule has 1 amide bonds. The number of carbonyl (C=O) groups is 1. The Labute approximate surface area is 121 Å². The lowest BCUT2D eigenvalue weighted by Crippen LogP contribution is -2.13. The molecule has 0 aliphatic rings. The zero-order valence-electron chi connectivity index (χ0n) is 11.6. The Morgan fingerprint density at radius 2 is 2.25 bits per heavy atom. The molecular weight excluding hydrogens is 276 g/mol. The van der Waals surface area contributed by atoms with Crippen LogP contribution < -0.4 is 10.2 Å². The Morgan fingerprint density at radius 1 is 1.45 bits per heavy atom. The van der Waals surface area contributed by atoms with Gasteiger partial charge in [0.15, 0.2) is 0 Å². The van der Waals surface area contributed by atoms with Crippen molar-refractivity contribution in [2.45, 2.75) is 32.8 Å². The number of hydrogen-bond acceptors (Lipinski definition) is 4. The van der Waals surface area contributed by atoms with E-state index in [2.05, 4.69) is 10.3 Å². The Bertz CT molecular complexity index is 645. The van der Waals surface area contributed by atoms with Gasteiger partial charge >= 0.3 is 4.87 Å². The number of hydrogen-bond donors (Lipinski definition) is 2. The summed E-state index contributed by atoms with van der Waals surface area (Å²) in [6.07, 6.45) is 1.31. The Hall–Kier alpha value is -1.66. The van der Waals surface area contributed by atoms with Gasteiger partial charge in [0.25, 0.3) is 0 Å². The summed E-state index contributed by atoms with van der Waals surface area (Å²) in [6, 6.07) is 5.39. The van der Waals surface area contributed by atoms with Crippen LogP contribution in [-0.2, 0) is 9.53 Å². The van der Waals surface area contributed by atoms with Crippen molar-refractivity contribution >= 4 is 33.1 Å². The van der Waals surface area contributed by atoms with Crippen molar-refractivity contribution in [3.63, 3.8) is 0 Å². The topological polar surface area (TPSA) is 71.2 Å². The molecule has 0 unspecified atom stereocenters. The lowest BCUT2D eigenvalue weighted by molar-refractivity contribution is -0.116. The van der Waals surface area contributed by atoms with Gasteiger partial charge in [0, 0.05) is 18.7 Å². The highest BCUT2D eigenvalue weighted by molar-refractivity contribution is 7.16. The van der Waals surface area contributed by atoms with Gasteiger partial charge in [0.05, 0.1) is 16.3 Å². The number of aromatic nitrogens is 1. The van der Waals surface area contributed by atoms with Crippen LogP contribution in [-0.4, -0.2) is 23.6 Å². The van der Waals surface area contributed by atoms with E-state index in [-0.39, 0.29) is 16.9 Å². The van der Waals surface area contributed by atoms with Gasteiger partial charge in [-0.3, -0.25) is 9.59 Å². The molecule has 0 fully saturated rings. The third-order valence-electron chi connectivity index (χ3n) is 2.70. The molecule has 6 heteroatoms. The molecule has 2 aromatic rings. The van der Waals surface area contributed by atoms with Crippen LogP contribution in [0.3, 0.4) is 0 Å². The molecule has 0 bridgehead atoms. The van der Waals surface area contributed by atoms with Crippen LogP contribution in [0.2, 0.25) is 0 Å². The zero-order chi connectivity index (χ0) is 14.5. The molecule has 0 atom stereocenters. The van der Waals surface area contributed by atoms with E-state index in [9.17, 15) is 9.59 Å². The number of H-pyrrole nitrogens is 1. The van der Waals surface area contributed by atoms with Gasteiger partial charge in [-0.2, -0.15) is 0 Å². The normalized spacial score (nSPS) is 11.2. The molecule has 0 radical (unpaired) electrons. The van der Waals surface area contributed by atoms with Crippen LogP contribution in [0.1, 0.15) is 26.7 Å². The second kappa shape index (κ2) is 6.67. The summed E-state index contributed by atoms with van der Waals surface area (Å²) in [6.45, 7) is 4.53. The number of aromatic amines is 1. The van der Waals surface area contributed by atoms with E-state index in [1.54, 1.807) is 18.2 Å². The van der Waals surface area contributed by atoms with Gasteiger partial charge in [0.1, 0.15) is 0 Å². The van der Waals surface area contributed by atoms with Crippen LogP contribution in [0.25, 0.3) is 10.2 Å². The molecule has 0 saturated carbocycles. The number of thiazole rings is 1. The highest BCUT2D eigenvalue weighted by Gasteiger charge is 2.05. The van der Waals surface area contributed by atoms with E-state index in [0.717, 1.165) is 21.6 Å². The second-order valence-electron chi connectivity index (χ2n) is 4.80. The van der Waals surface area contributed by atoms with Gasteiger partial charge in [0.2, 0.25) is 5.91 Å². The minimum absolute atomic E-state index is 0.0420. The third kappa shape index (κ3) is 4.18. The number of carbonyl (C=O) groups excluding carboxylic acids is 1. The number of rotatable bonds is 6. The first-order valence-electron chi connectivity index (χ1n) is 6.59. The molecular formula is C14H18N2O3S. The molecule has 0 spiro atoms. The molecule has 5 nitrogen and oxygen atoms in total. The van der Waals surface area contributed by atoms with Gasteiger partial charge in [-0.05, 0) is 38.5 Å². The van der Waals surface area contributed by atoms with E-state index < -0.39 is 0 Å². The standard InChI is InChI=1S/C14H18N2O3S/c1-9(2)19-7-3-4-13(17)15-10-5-6-11-12(8-10)20-14(18)16-11/h5-6,8-9H,3-4,7H2,1-2H3,(H,15,17)(H,16,18). The number of ether oxygens (including phenoxy) is 1. The van der Waals surface area contributed by atoms with E-state index in [1.165, 1.54) is 0 Å². The molecule has 20 heavy (non-hydrogen) atoms. The van der Waals surface area contributed by atoms with Gasteiger partial charge in [-0.1, -0.05) is 11.3 Å². The van der Waals surface area contributed by atoms with E-state index in [1.807, 2.05) is 13.8 Å². The van der Waals surface area contributed by atoms with Crippen molar-refractivity contribution in [3.05, 3.63) is 27.9 Å². The van der Waals surface area contributed by atoms with Gasteiger partial charge < -0.3 is 15.0 Å². The molecule has 2 rings (SSSR count).